The van der Waals surface area contributed by atoms with E-state index >= 15 is 0 Å². The number of anilines is 1. The Morgan fingerprint density at radius 1 is 0.964 bits per heavy atom. The van der Waals surface area contributed by atoms with Crippen molar-refractivity contribution in [1.29, 1.82) is 5.41 Å². The van der Waals surface area contributed by atoms with Gasteiger partial charge in [0.2, 0.25) is 0 Å². The van der Waals surface area contributed by atoms with Gasteiger partial charge >= 0.3 is 0 Å². The van der Waals surface area contributed by atoms with Crippen LogP contribution in [0.5, 0.6) is 0 Å². The van der Waals surface area contributed by atoms with E-state index in [-0.39, 0.29) is 23.7 Å². The summed E-state index contributed by atoms with van der Waals surface area (Å²) in [6, 6.07) is 18.1. The molecule has 28 heavy (non-hydrogen) atoms. The van der Waals surface area contributed by atoms with Crippen LogP contribution < -0.4 is 11.1 Å². The van der Waals surface area contributed by atoms with Gasteiger partial charge < -0.3 is 11.1 Å². The molecule has 0 spiro atoms. The first-order valence-electron chi connectivity index (χ1n) is 9.30. The van der Waals surface area contributed by atoms with Crippen molar-refractivity contribution in [3.63, 3.8) is 0 Å². The van der Waals surface area contributed by atoms with Gasteiger partial charge in [-0.25, -0.2) is 8.78 Å². The van der Waals surface area contributed by atoms with Gasteiger partial charge in [-0.1, -0.05) is 30.3 Å². The minimum absolute atomic E-state index is 0.0355. The average molecular weight is 375 g/mol. The van der Waals surface area contributed by atoms with Gasteiger partial charge in [-0.2, -0.15) is 0 Å². The van der Waals surface area contributed by atoms with Crippen LogP contribution in [0, 0.1) is 23.0 Å². The van der Waals surface area contributed by atoms with Crippen LogP contribution in [0.25, 0.3) is 0 Å². The van der Waals surface area contributed by atoms with E-state index in [1.165, 1.54) is 23.3 Å². The number of rotatable bonds is 2. The standard InChI is InChI=1S/C23H19F2N3/c24-18-7-5-13(11-19(18)25)22-17-9-12-3-1-2-4-15(12)21(17)16-10-14(23(26)27)6-8-20(16)28-22/h1-8,10-11,17,21-22,28H,9H2,(H3,26,27). The molecule has 140 valence electrons. The third-order valence-corrected chi connectivity index (χ3v) is 6.01. The number of nitrogens with two attached hydrogens (primary N) is 1. The molecule has 3 atom stereocenters. The number of amidine groups is 1. The summed E-state index contributed by atoms with van der Waals surface area (Å²) in [5, 5.41) is 11.3. The summed E-state index contributed by atoms with van der Waals surface area (Å²) < 4.78 is 27.4. The normalized spacial score (nSPS) is 22.0. The number of halogens is 2. The maximum absolute atomic E-state index is 13.9. The molecule has 0 aromatic heterocycles. The monoisotopic (exact) mass is 375 g/mol. The quantitative estimate of drug-likeness (QED) is 0.448. The van der Waals surface area contributed by atoms with Crippen molar-refractivity contribution in [2.24, 2.45) is 11.7 Å². The van der Waals surface area contributed by atoms with Crippen molar-refractivity contribution in [2.75, 3.05) is 5.32 Å². The van der Waals surface area contributed by atoms with Gasteiger partial charge in [0.1, 0.15) is 5.84 Å². The van der Waals surface area contributed by atoms with Crippen LogP contribution in [0.3, 0.4) is 0 Å². The first kappa shape index (κ1) is 16.9. The lowest BCUT2D eigenvalue weighted by molar-refractivity contribution is 0.417. The summed E-state index contributed by atoms with van der Waals surface area (Å²) in [7, 11) is 0. The molecule has 2 aliphatic rings. The molecule has 1 aliphatic carbocycles. The third kappa shape index (κ3) is 2.50. The molecule has 3 nitrogen and oxygen atoms in total. The molecule has 0 radical (unpaired) electrons. The second-order valence-electron chi connectivity index (χ2n) is 7.56. The third-order valence-electron chi connectivity index (χ3n) is 6.01. The van der Waals surface area contributed by atoms with Crippen LogP contribution in [0.1, 0.15) is 39.8 Å². The molecule has 0 saturated heterocycles. The maximum Gasteiger partial charge on any atom is 0.159 e. The van der Waals surface area contributed by atoms with Crippen molar-refractivity contribution in [1.82, 2.24) is 0 Å². The highest BCUT2D eigenvalue weighted by Gasteiger charge is 2.43. The molecular formula is C23H19F2N3. The van der Waals surface area contributed by atoms with Crippen LogP contribution >= 0.6 is 0 Å². The average Bonchev–Trinajstić information content (AvgIpc) is 3.09. The number of hydrogen-bond donors (Lipinski definition) is 3. The van der Waals surface area contributed by atoms with Crippen molar-refractivity contribution in [2.45, 2.75) is 18.4 Å². The molecular weight excluding hydrogens is 356 g/mol. The lowest BCUT2D eigenvalue weighted by Crippen LogP contribution is -2.31. The zero-order chi connectivity index (χ0) is 19.4. The second kappa shape index (κ2) is 6.16. The van der Waals surface area contributed by atoms with Crippen molar-refractivity contribution < 1.29 is 8.78 Å². The molecule has 4 N–H and O–H groups in total. The molecule has 0 bridgehead atoms. The first-order chi connectivity index (χ1) is 13.5. The van der Waals surface area contributed by atoms with Gasteiger partial charge in [-0.3, -0.25) is 5.41 Å². The maximum atomic E-state index is 13.9. The van der Waals surface area contributed by atoms with E-state index in [9.17, 15) is 8.78 Å². The Morgan fingerprint density at radius 3 is 2.57 bits per heavy atom. The first-order valence-corrected chi connectivity index (χ1v) is 9.30. The molecule has 5 rings (SSSR count). The topological polar surface area (TPSA) is 61.9 Å². The van der Waals surface area contributed by atoms with E-state index in [1.807, 2.05) is 30.3 Å². The van der Waals surface area contributed by atoms with Crippen LogP contribution in [0.4, 0.5) is 14.5 Å². The number of hydrogen-bond acceptors (Lipinski definition) is 2. The largest absolute Gasteiger partial charge is 0.384 e. The van der Waals surface area contributed by atoms with Crippen molar-refractivity contribution in [3.05, 3.63) is 100 Å². The van der Waals surface area contributed by atoms with Gasteiger partial charge in [-0.05, 0) is 64.9 Å². The Bertz CT molecular complexity index is 1110. The molecule has 3 aromatic carbocycles. The molecule has 3 aromatic rings. The van der Waals surface area contributed by atoms with Gasteiger partial charge in [0.15, 0.2) is 11.6 Å². The van der Waals surface area contributed by atoms with E-state index in [0.29, 0.717) is 5.56 Å². The summed E-state index contributed by atoms with van der Waals surface area (Å²) in [6.45, 7) is 0. The SMILES string of the molecule is N=C(N)c1ccc2c(c1)C1c3ccccc3CC1C(c1ccc(F)c(F)c1)N2. The second-order valence-corrected chi connectivity index (χ2v) is 7.56. The fourth-order valence-corrected chi connectivity index (χ4v) is 4.76. The minimum Gasteiger partial charge on any atom is -0.384 e. The van der Waals surface area contributed by atoms with Crippen molar-refractivity contribution in [3.8, 4) is 0 Å². The number of benzene rings is 3. The van der Waals surface area contributed by atoms with E-state index in [2.05, 4.69) is 17.4 Å². The number of nitrogen functional groups attached to an aromatic ring is 1. The Morgan fingerprint density at radius 2 is 1.79 bits per heavy atom. The predicted molar refractivity (Wildman–Crippen MR) is 106 cm³/mol. The Labute approximate surface area is 161 Å². The molecule has 1 aliphatic heterocycles. The summed E-state index contributed by atoms with van der Waals surface area (Å²) in [5.41, 5.74) is 11.7. The van der Waals surface area contributed by atoms with Gasteiger partial charge in [-0.15, -0.1) is 0 Å². The number of nitrogens with one attached hydrogen (secondary N) is 2. The van der Waals surface area contributed by atoms with E-state index in [0.717, 1.165) is 23.2 Å². The highest BCUT2D eigenvalue weighted by atomic mass is 19.2. The van der Waals surface area contributed by atoms with Crippen LogP contribution in [0.2, 0.25) is 0 Å². The zero-order valence-corrected chi connectivity index (χ0v) is 15.0. The smallest absolute Gasteiger partial charge is 0.159 e. The summed E-state index contributed by atoms with van der Waals surface area (Å²) >= 11 is 0. The van der Waals surface area contributed by atoms with E-state index in [1.54, 1.807) is 6.07 Å². The minimum atomic E-state index is -0.836. The summed E-state index contributed by atoms with van der Waals surface area (Å²) in [5.74, 6) is -1.35. The molecule has 0 saturated carbocycles. The highest BCUT2D eigenvalue weighted by molar-refractivity contribution is 5.95. The predicted octanol–water partition coefficient (Wildman–Crippen LogP) is 4.72. The fraction of sp³-hybridized carbons (Fsp3) is 0.174. The lowest BCUT2D eigenvalue weighted by atomic mass is 9.75. The Hall–Kier alpha value is -3.21. The summed E-state index contributed by atoms with van der Waals surface area (Å²) in [6.07, 6.45) is 0.848. The lowest BCUT2D eigenvalue weighted by Gasteiger charge is -2.38. The summed E-state index contributed by atoms with van der Waals surface area (Å²) in [4.78, 5) is 0. The fourth-order valence-electron chi connectivity index (χ4n) is 4.76. The van der Waals surface area contributed by atoms with Gasteiger partial charge in [0, 0.05) is 17.2 Å². The molecule has 0 amide bonds. The molecule has 0 fully saturated rings. The number of fused-ring (bicyclic) bond motifs is 5. The molecule has 3 unspecified atom stereocenters. The van der Waals surface area contributed by atoms with Crippen LogP contribution in [-0.4, -0.2) is 5.84 Å². The van der Waals surface area contributed by atoms with E-state index < -0.39 is 11.6 Å². The Balaban J connectivity index is 1.68. The van der Waals surface area contributed by atoms with Crippen LogP contribution in [0.15, 0.2) is 60.7 Å². The highest BCUT2D eigenvalue weighted by Crippen LogP contribution is 2.53. The molecule has 1 heterocycles. The van der Waals surface area contributed by atoms with E-state index in [4.69, 9.17) is 11.1 Å². The van der Waals surface area contributed by atoms with Gasteiger partial charge in [0.05, 0.1) is 6.04 Å². The molecule has 5 heteroatoms. The van der Waals surface area contributed by atoms with Crippen molar-refractivity contribution >= 4 is 11.5 Å². The van der Waals surface area contributed by atoms with Gasteiger partial charge in [0.25, 0.3) is 0 Å². The Kier molecular flexibility index (Phi) is 3.72. The van der Waals surface area contributed by atoms with Crippen LogP contribution in [-0.2, 0) is 6.42 Å². The zero-order valence-electron chi connectivity index (χ0n) is 15.0.